The molecule has 0 saturated carbocycles. The summed E-state index contributed by atoms with van der Waals surface area (Å²) in [7, 11) is 0. The summed E-state index contributed by atoms with van der Waals surface area (Å²) in [5.74, 6) is -1.11. The Balaban J connectivity index is 0. The van der Waals surface area contributed by atoms with Gasteiger partial charge in [0.15, 0.2) is 5.96 Å². The quantitative estimate of drug-likeness (QED) is 0.213. The summed E-state index contributed by atoms with van der Waals surface area (Å²) in [4.78, 5) is 22.4. The summed E-state index contributed by atoms with van der Waals surface area (Å²) in [6, 6.07) is 0. The number of nitrogens with one attached hydrogen (secondary N) is 2. The van der Waals surface area contributed by atoms with E-state index in [9.17, 15) is 9.59 Å². The minimum absolute atomic E-state index is 0. The van der Waals surface area contributed by atoms with Gasteiger partial charge in [-0.15, -0.1) is 12.4 Å². The monoisotopic (exact) mass is 308 g/mol. The molecular weight excluding hydrogens is 284 g/mol. The summed E-state index contributed by atoms with van der Waals surface area (Å²) >= 11 is 0. The topological polar surface area (TPSA) is 131 Å². The molecule has 0 rings (SSSR count). The number of halogens is 1. The lowest BCUT2D eigenvalue weighted by Gasteiger charge is -2.18. The van der Waals surface area contributed by atoms with Gasteiger partial charge >= 0.3 is 5.97 Å². The third-order valence-electron chi connectivity index (χ3n) is 2.45. The van der Waals surface area contributed by atoms with Crippen molar-refractivity contribution in [2.75, 3.05) is 6.54 Å². The predicted octanol–water partition coefficient (Wildman–Crippen LogP) is 0.505. The zero-order valence-corrected chi connectivity index (χ0v) is 12.8. The average molecular weight is 309 g/mol. The van der Waals surface area contributed by atoms with Crippen molar-refractivity contribution in [2.45, 2.75) is 45.6 Å². The second kappa shape index (κ2) is 11.3. The van der Waals surface area contributed by atoms with Crippen molar-refractivity contribution < 1.29 is 14.3 Å². The molecule has 1 amide bonds. The highest BCUT2D eigenvalue weighted by Crippen LogP contribution is 2.11. The molecule has 20 heavy (non-hydrogen) atoms. The Morgan fingerprint density at radius 1 is 1.25 bits per heavy atom. The van der Waals surface area contributed by atoms with Gasteiger partial charge in [0.25, 0.3) is 0 Å². The van der Waals surface area contributed by atoms with Gasteiger partial charge in [-0.3, -0.25) is 15.0 Å². The number of carbonyl (C=O) groups excluding carboxylic acids is 2. The van der Waals surface area contributed by atoms with E-state index in [0.29, 0.717) is 13.0 Å². The van der Waals surface area contributed by atoms with E-state index in [1.165, 1.54) is 0 Å². The molecule has 0 heterocycles. The molecule has 6 N–H and O–H groups in total. The number of amides is 1. The SMILES string of the molecule is CC(C)C(=O)O[C@@H](CCCCNC(=N)N)CC(N)=O.Cl. The average Bonchev–Trinajstić information content (AvgIpc) is 2.26. The molecule has 0 bridgehead atoms. The van der Waals surface area contributed by atoms with Crippen molar-refractivity contribution in [1.29, 1.82) is 5.41 Å². The Labute approximate surface area is 125 Å². The largest absolute Gasteiger partial charge is 0.462 e. The number of nitrogens with two attached hydrogens (primary N) is 2. The molecule has 1 atom stereocenters. The maximum absolute atomic E-state index is 11.5. The molecule has 0 aliphatic carbocycles. The number of carbonyl (C=O) groups is 2. The number of hydrogen-bond acceptors (Lipinski definition) is 4. The zero-order valence-electron chi connectivity index (χ0n) is 12.0. The van der Waals surface area contributed by atoms with Gasteiger partial charge in [-0.2, -0.15) is 0 Å². The molecular formula is C12H25ClN4O3. The van der Waals surface area contributed by atoms with Crippen LogP contribution >= 0.6 is 12.4 Å². The first-order valence-electron chi connectivity index (χ1n) is 6.39. The van der Waals surface area contributed by atoms with Crippen molar-refractivity contribution in [1.82, 2.24) is 5.32 Å². The van der Waals surface area contributed by atoms with E-state index in [1.807, 2.05) is 0 Å². The van der Waals surface area contributed by atoms with Crippen LogP contribution in [-0.2, 0) is 14.3 Å². The second-order valence-electron chi connectivity index (χ2n) is 4.72. The van der Waals surface area contributed by atoms with Crippen LogP contribution in [0.15, 0.2) is 0 Å². The van der Waals surface area contributed by atoms with E-state index in [-0.39, 0.29) is 36.7 Å². The van der Waals surface area contributed by atoms with E-state index >= 15 is 0 Å². The van der Waals surface area contributed by atoms with Crippen LogP contribution < -0.4 is 16.8 Å². The summed E-state index contributed by atoms with van der Waals surface area (Å²) in [6.07, 6.45) is 1.67. The highest BCUT2D eigenvalue weighted by molar-refractivity contribution is 5.85. The molecule has 0 unspecified atom stereocenters. The molecule has 0 fully saturated rings. The number of rotatable bonds is 9. The van der Waals surface area contributed by atoms with Gasteiger partial charge in [0.05, 0.1) is 12.3 Å². The first-order valence-corrected chi connectivity index (χ1v) is 6.39. The van der Waals surface area contributed by atoms with Crippen LogP contribution in [0.5, 0.6) is 0 Å². The van der Waals surface area contributed by atoms with Crippen molar-refractivity contribution in [3.8, 4) is 0 Å². The van der Waals surface area contributed by atoms with E-state index in [2.05, 4.69) is 5.32 Å². The molecule has 0 aromatic carbocycles. The summed E-state index contributed by atoms with van der Waals surface area (Å²) in [6.45, 7) is 4.05. The molecule has 118 valence electrons. The minimum atomic E-state index is -0.483. The molecule has 0 aliphatic rings. The third kappa shape index (κ3) is 11.6. The van der Waals surface area contributed by atoms with Gasteiger partial charge in [0.2, 0.25) is 5.91 Å². The van der Waals surface area contributed by atoms with Crippen molar-refractivity contribution in [3.05, 3.63) is 0 Å². The highest BCUT2D eigenvalue weighted by Gasteiger charge is 2.18. The molecule has 0 aromatic rings. The maximum Gasteiger partial charge on any atom is 0.308 e. The van der Waals surface area contributed by atoms with Crippen molar-refractivity contribution in [3.63, 3.8) is 0 Å². The van der Waals surface area contributed by atoms with Crippen LogP contribution in [0.1, 0.15) is 39.5 Å². The molecule has 0 aromatic heterocycles. The highest BCUT2D eigenvalue weighted by atomic mass is 35.5. The van der Waals surface area contributed by atoms with Gasteiger partial charge in [0, 0.05) is 6.54 Å². The Kier molecular flexibility index (Phi) is 11.8. The van der Waals surface area contributed by atoms with E-state index in [0.717, 1.165) is 12.8 Å². The summed E-state index contributed by atoms with van der Waals surface area (Å²) in [5, 5.41) is 9.66. The standard InChI is InChI=1S/C12H24N4O3.ClH/c1-8(2)11(18)19-9(7-10(13)17)5-3-4-6-16-12(14)15;/h8-9H,3-7H2,1-2H3,(H2,13,17)(H4,14,15,16);1H/t9-;/m0./s1. The Morgan fingerprint density at radius 3 is 2.30 bits per heavy atom. The fourth-order valence-corrected chi connectivity index (χ4v) is 1.45. The fourth-order valence-electron chi connectivity index (χ4n) is 1.45. The number of hydrogen-bond donors (Lipinski definition) is 4. The summed E-state index contributed by atoms with van der Waals surface area (Å²) < 4.78 is 5.22. The van der Waals surface area contributed by atoms with Crippen molar-refractivity contribution in [2.24, 2.45) is 17.4 Å². The molecule has 0 radical (unpaired) electrons. The molecule has 0 aliphatic heterocycles. The van der Waals surface area contributed by atoms with Gasteiger partial charge in [-0.1, -0.05) is 13.8 Å². The third-order valence-corrected chi connectivity index (χ3v) is 2.45. The lowest BCUT2D eigenvalue weighted by atomic mass is 10.1. The smallest absolute Gasteiger partial charge is 0.308 e. The molecule has 8 heteroatoms. The lowest BCUT2D eigenvalue weighted by molar-refractivity contribution is -0.154. The van der Waals surface area contributed by atoms with Gasteiger partial charge < -0.3 is 21.5 Å². The molecule has 0 spiro atoms. The predicted molar refractivity (Wildman–Crippen MR) is 79.5 cm³/mol. The fraction of sp³-hybridized carbons (Fsp3) is 0.750. The number of unbranched alkanes of at least 4 members (excludes halogenated alkanes) is 1. The minimum Gasteiger partial charge on any atom is -0.462 e. The number of ether oxygens (including phenoxy) is 1. The van der Waals surface area contributed by atoms with Crippen molar-refractivity contribution >= 4 is 30.2 Å². The van der Waals surface area contributed by atoms with E-state index in [1.54, 1.807) is 13.8 Å². The van der Waals surface area contributed by atoms with Crippen LogP contribution in [-0.4, -0.2) is 30.5 Å². The zero-order chi connectivity index (χ0) is 14.8. The maximum atomic E-state index is 11.5. The number of guanidine groups is 1. The molecule has 0 saturated heterocycles. The Morgan fingerprint density at radius 2 is 1.85 bits per heavy atom. The Hall–Kier alpha value is -1.50. The number of esters is 1. The van der Waals surface area contributed by atoms with E-state index in [4.69, 9.17) is 21.6 Å². The van der Waals surface area contributed by atoms with Crippen LogP contribution in [0.4, 0.5) is 0 Å². The summed E-state index contributed by atoms with van der Waals surface area (Å²) in [5.41, 5.74) is 10.3. The molecule has 7 nitrogen and oxygen atoms in total. The van der Waals surface area contributed by atoms with Gasteiger partial charge in [0.1, 0.15) is 6.10 Å². The van der Waals surface area contributed by atoms with Gasteiger partial charge in [-0.05, 0) is 19.3 Å². The Bertz CT molecular complexity index is 324. The van der Waals surface area contributed by atoms with Crippen LogP contribution in [0.25, 0.3) is 0 Å². The van der Waals surface area contributed by atoms with Crippen LogP contribution in [0.2, 0.25) is 0 Å². The van der Waals surface area contributed by atoms with Gasteiger partial charge in [-0.25, -0.2) is 0 Å². The first kappa shape index (κ1) is 20.8. The second-order valence-corrected chi connectivity index (χ2v) is 4.72. The van der Waals surface area contributed by atoms with Crippen LogP contribution in [0, 0.1) is 11.3 Å². The first-order chi connectivity index (χ1) is 8.82. The van der Waals surface area contributed by atoms with E-state index < -0.39 is 12.0 Å². The lowest BCUT2D eigenvalue weighted by Crippen LogP contribution is -2.31. The van der Waals surface area contributed by atoms with Crippen LogP contribution in [0.3, 0.4) is 0 Å². The number of primary amides is 1. The normalized spacial score (nSPS) is 11.3.